The number of ether oxygens (including phenoxy) is 1. The highest BCUT2D eigenvalue weighted by atomic mass is 16.5. The van der Waals surface area contributed by atoms with Crippen LogP contribution >= 0.6 is 0 Å². The molecule has 0 atom stereocenters. The van der Waals surface area contributed by atoms with E-state index in [4.69, 9.17) is 4.74 Å². The summed E-state index contributed by atoms with van der Waals surface area (Å²) in [6.45, 7) is 10.3. The molecular formula is C22H26N2O2. The number of aryl methyl sites for hydroxylation is 2. The van der Waals surface area contributed by atoms with Crippen LogP contribution in [-0.2, 0) is 6.61 Å². The van der Waals surface area contributed by atoms with E-state index < -0.39 is 0 Å². The molecule has 0 unspecified atom stereocenters. The zero-order valence-corrected chi connectivity index (χ0v) is 16.1. The molecule has 0 saturated heterocycles. The third-order valence-electron chi connectivity index (χ3n) is 4.12. The molecule has 3 rings (SSSR count). The molecule has 1 heterocycles. The molecule has 0 bridgehead atoms. The summed E-state index contributed by atoms with van der Waals surface area (Å²) in [6.07, 6.45) is 0. The Hall–Kier alpha value is -2.88. The molecule has 0 saturated carbocycles. The number of rotatable bonds is 4. The van der Waals surface area contributed by atoms with Crippen molar-refractivity contribution >= 4 is 0 Å². The maximum Gasteiger partial charge on any atom is 0.267 e. The molecule has 26 heavy (non-hydrogen) atoms. The van der Waals surface area contributed by atoms with Gasteiger partial charge < -0.3 is 4.74 Å². The first-order valence-electron chi connectivity index (χ1n) is 8.90. The Kier molecular flexibility index (Phi) is 6.73. The van der Waals surface area contributed by atoms with Gasteiger partial charge in [0.1, 0.15) is 12.4 Å². The summed E-state index contributed by atoms with van der Waals surface area (Å²) < 4.78 is 5.86. The van der Waals surface area contributed by atoms with E-state index in [0.717, 1.165) is 33.7 Å². The summed E-state index contributed by atoms with van der Waals surface area (Å²) in [5.74, 6) is 0.813. The lowest BCUT2D eigenvalue weighted by Gasteiger charge is -2.13. The Bertz CT molecular complexity index is 915. The lowest BCUT2D eigenvalue weighted by Crippen LogP contribution is -2.14. The summed E-state index contributed by atoms with van der Waals surface area (Å²) >= 11 is 0. The van der Waals surface area contributed by atoms with Crippen molar-refractivity contribution < 1.29 is 4.74 Å². The lowest BCUT2D eigenvalue weighted by atomic mass is 9.96. The van der Waals surface area contributed by atoms with Crippen molar-refractivity contribution in [1.29, 1.82) is 0 Å². The standard InChI is InChI=1S/C20H20N2O2.C2H6/c1-13-11-17(24-12-16-7-5-4-6-8-16)9-10-18(13)19-14(2)20(23)22-21-15(19)3;1-2/h4-11H,12H2,1-3H3,(H,22,23);1-2H3. The average molecular weight is 350 g/mol. The molecule has 2 aromatic carbocycles. The lowest BCUT2D eigenvalue weighted by molar-refractivity contribution is 0.306. The molecule has 0 aliphatic heterocycles. The third kappa shape index (κ3) is 4.39. The predicted octanol–water partition coefficient (Wildman–Crippen LogP) is 4.97. The Morgan fingerprint density at radius 2 is 1.69 bits per heavy atom. The fourth-order valence-electron chi connectivity index (χ4n) is 2.80. The number of benzene rings is 2. The maximum atomic E-state index is 11.9. The molecule has 0 fully saturated rings. The molecule has 1 aromatic heterocycles. The van der Waals surface area contributed by atoms with Crippen LogP contribution in [0.4, 0.5) is 0 Å². The first-order chi connectivity index (χ1) is 12.6. The molecule has 4 nitrogen and oxygen atoms in total. The van der Waals surface area contributed by atoms with Crippen molar-refractivity contribution in [1.82, 2.24) is 10.2 Å². The molecular weight excluding hydrogens is 324 g/mol. The molecule has 1 N–H and O–H groups in total. The van der Waals surface area contributed by atoms with Crippen LogP contribution in [0.1, 0.15) is 36.2 Å². The normalized spacial score (nSPS) is 10.0. The largest absolute Gasteiger partial charge is 0.489 e. The van der Waals surface area contributed by atoms with E-state index in [-0.39, 0.29) is 5.56 Å². The number of aromatic amines is 1. The zero-order valence-electron chi connectivity index (χ0n) is 16.1. The van der Waals surface area contributed by atoms with Gasteiger partial charge in [-0.1, -0.05) is 50.2 Å². The molecule has 0 aliphatic carbocycles. The fourth-order valence-corrected chi connectivity index (χ4v) is 2.80. The van der Waals surface area contributed by atoms with Crippen LogP contribution in [0.2, 0.25) is 0 Å². The molecule has 4 heteroatoms. The highest BCUT2D eigenvalue weighted by Gasteiger charge is 2.13. The second-order valence-corrected chi connectivity index (χ2v) is 5.89. The Morgan fingerprint density at radius 3 is 2.35 bits per heavy atom. The first-order valence-corrected chi connectivity index (χ1v) is 8.90. The molecule has 0 spiro atoms. The van der Waals surface area contributed by atoms with Gasteiger partial charge in [0, 0.05) is 11.1 Å². The predicted molar refractivity (Wildman–Crippen MR) is 107 cm³/mol. The van der Waals surface area contributed by atoms with Gasteiger partial charge in [-0.05, 0) is 49.6 Å². The summed E-state index contributed by atoms with van der Waals surface area (Å²) in [5, 5.41) is 6.60. The summed E-state index contributed by atoms with van der Waals surface area (Å²) in [5.41, 5.74) is 5.43. The number of hydrogen-bond acceptors (Lipinski definition) is 3. The molecule has 0 amide bonds. The number of nitrogens with zero attached hydrogens (tertiary/aromatic N) is 1. The van der Waals surface area contributed by atoms with Crippen LogP contribution < -0.4 is 10.3 Å². The SMILES string of the molecule is CC.Cc1cc(OCc2ccccc2)ccc1-c1c(C)n[nH]c(=O)c1C. The van der Waals surface area contributed by atoms with Gasteiger partial charge in [0.2, 0.25) is 0 Å². The van der Waals surface area contributed by atoms with E-state index in [1.54, 1.807) is 0 Å². The van der Waals surface area contributed by atoms with E-state index in [2.05, 4.69) is 10.2 Å². The van der Waals surface area contributed by atoms with Gasteiger partial charge in [-0.2, -0.15) is 5.10 Å². The molecule has 3 aromatic rings. The van der Waals surface area contributed by atoms with E-state index in [1.807, 2.05) is 83.1 Å². The summed E-state index contributed by atoms with van der Waals surface area (Å²) in [6, 6.07) is 16.0. The van der Waals surface area contributed by atoms with Crippen LogP contribution in [0, 0.1) is 20.8 Å². The number of hydrogen-bond donors (Lipinski definition) is 1. The monoisotopic (exact) mass is 350 g/mol. The number of nitrogens with one attached hydrogen (secondary N) is 1. The van der Waals surface area contributed by atoms with Crippen molar-refractivity contribution in [3.63, 3.8) is 0 Å². The average Bonchev–Trinajstić information content (AvgIpc) is 2.67. The Balaban J connectivity index is 0.00000117. The first kappa shape index (κ1) is 19.4. The highest BCUT2D eigenvalue weighted by Crippen LogP contribution is 2.29. The van der Waals surface area contributed by atoms with Crippen LogP contribution in [0.15, 0.2) is 53.3 Å². The summed E-state index contributed by atoms with van der Waals surface area (Å²) in [7, 11) is 0. The van der Waals surface area contributed by atoms with Gasteiger partial charge in [0.25, 0.3) is 5.56 Å². The second kappa shape index (κ2) is 8.99. The van der Waals surface area contributed by atoms with Gasteiger partial charge in [0.15, 0.2) is 0 Å². The Morgan fingerprint density at radius 1 is 1.00 bits per heavy atom. The van der Waals surface area contributed by atoms with Crippen molar-refractivity contribution in [3.05, 3.63) is 81.3 Å². The van der Waals surface area contributed by atoms with Gasteiger partial charge in [-0.3, -0.25) is 4.79 Å². The topological polar surface area (TPSA) is 55.0 Å². The van der Waals surface area contributed by atoms with Crippen molar-refractivity contribution in [2.75, 3.05) is 0 Å². The van der Waals surface area contributed by atoms with Gasteiger partial charge in [-0.25, -0.2) is 5.10 Å². The van der Waals surface area contributed by atoms with E-state index in [0.29, 0.717) is 12.2 Å². The second-order valence-electron chi connectivity index (χ2n) is 5.89. The van der Waals surface area contributed by atoms with Gasteiger partial charge in [-0.15, -0.1) is 0 Å². The number of H-pyrrole nitrogens is 1. The van der Waals surface area contributed by atoms with Crippen molar-refractivity contribution in [2.24, 2.45) is 0 Å². The van der Waals surface area contributed by atoms with Gasteiger partial charge in [0.05, 0.1) is 5.69 Å². The smallest absolute Gasteiger partial charge is 0.267 e. The third-order valence-corrected chi connectivity index (χ3v) is 4.12. The Labute approximate surface area is 154 Å². The molecule has 0 radical (unpaired) electrons. The zero-order chi connectivity index (χ0) is 19.1. The van der Waals surface area contributed by atoms with Crippen molar-refractivity contribution in [3.8, 4) is 16.9 Å². The fraction of sp³-hybridized carbons (Fsp3) is 0.273. The minimum Gasteiger partial charge on any atom is -0.489 e. The quantitative estimate of drug-likeness (QED) is 0.723. The van der Waals surface area contributed by atoms with E-state index >= 15 is 0 Å². The number of aromatic nitrogens is 2. The van der Waals surface area contributed by atoms with Gasteiger partial charge >= 0.3 is 0 Å². The maximum absolute atomic E-state index is 11.9. The van der Waals surface area contributed by atoms with Crippen molar-refractivity contribution in [2.45, 2.75) is 41.2 Å². The van der Waals surface area contributed by atoms with Crippen LogP contribution in [0.25, 0.3) is 11.1 Å². The van der Waals surface area contributed by atoms with Crippen LogP contribution in [-0.4, -0.2) is 10.2 Å². The minimum atomic E-state index is -0.153. The molecule has 0 aliphatic rings. The van der Waals surface area contributed by atoms with E-state index in [1.165, 1.54) is 0 Å². The minimum absolute atomic E-state index is 0.153. The summed E-state index contributed by atoms with van der Waals surface area (Å²) in [4.78, 5) is 11.9. The van der Waals surface area contributed by atoms with Crippen LogP contribution in [0.5, 0.6) is 5.75 Å². The molecule has 136 valence electrons. The highest BCUT2D eigenvalue weighted by molar-refractivity contribution is 5.72. The van der Waals surface area contributed by atoms with Crippen LogP contribution in [0.3, 0.4) is 0 Å². The van der Waals surface area contributed by atoms with E-state index in [9.17, 15) is 4.79 Å².